The third-order valence-electron chi connectivity index (χ3n) is 5.73. The highest BCUT2D eigenvalue weighted by Crippen LogP contribution is 2.38. The molecular weight excluding hydrogens is 406 g/mol. The van der Waals surface area contributed by atoms with Gasteiger partial charge in [0.15, 0.2) is 0 Å². The molecule has 4 rings (SSSR count). The zero-order chi connectivity index (χ0) is 21.8. The number of benzene rings is 3. The number of hydrogen-bond donors (Lipinski definition) is 1. The fourth-order valence-electron chi connectivity index (χ4n) is 4.42. The molecule has 0 saturated heterocycles. The molecule has 3 aromatic rings. The van der Waals surface area contributed by atoms with Crippen LogP contribution < -0.4 is 9.46 Å². The first-order chi connectivity index (χ1) is 14.9. The Labute approximate surface area is 185 Å². The van der Waals surface area contributed by atoms with Gasteiger partial charge >= 0.3 is 0 Å². The molecule has 4 nitrogen and oxygen atoms in total. The fraction of sp³-hybridized carbons (Fsp3) is 0.308. The molecule has 0 amide bonds. The summed E-state index contributed by atoms with van der Waals surface area (Å²) in [7, 11) is -3.31. The van der Waals surface area contributed by atoms with Crippen molar-refractivity contribution in [1.29, 1.82) is 0 Å². The summed E-state index contributed by atoms with van der Waals surface area (Å²) in [5, 5.41) is 0. The highest BCUT2D eigenvalue weighted by molar-refractivity contribution is 7.92. The Kier molecular flexibility index (Phi) is 6.33. The Bertz CT molecular complexity index is 1170. The lowest BCUT2D eigenvalue weighted by molar-refractivity contribution is 0.317. The Morgan fingerprint density at radius 3 is 2.52 bits per heavy atom. The van der Waals surface area contributed by atoms with E-state index in [-0.39, 0.29) is 5.92 Å². The topological polar surface area (TPSA) is 55.4 Å². The van der Waals surface area contributed by atoms with Gasteiger partial charge in [0.05, 0.1) is 12.9 Å². The first-order valence-electron chi connectivity index (χ1n) is 10.8. The smallest absolute Gasteiger partial charge is 0.229 e. The summed E-state index contributed by atoms with van der Waals surface area (Å²) in [6.07, 6.45) is 4.96. The van der Waals surface area contributed by atoms with Gasteiger partial charge in [0.2, 0.25) is 10.0 Å². The van der Waals surface area contributed by atoms with Crippen LogP contribution in [0.3, 0.4) is 0 Å². The lowest BCUT2D eigenvalue weighted by Gasteiger charge is -2.21. The average molecular weight is 436 g/mol. The molecule has 0 aromatic heterocycles. The molecule has 3 aromatic carbocycles. The molecule has 0 aliphatic heterocycles. The Morgan fingerprint density at radius 1 is 0.935 bits per heavy atom. The molecule has 1 N–H and O–H groups in total. The number of hydrogen-bond acceptors (Lipinski definition) is 3. The van der Waals surface area contributed by atoms with E-state index in [1.807, 2.05) is 12.1 Å². The van der Waals surface area contributed by atoms with Crippen LogP contribution in [0.15, 0.2) is 66.7 Å². The van der Waals surface area contributed by atoms with Crippen molar-refractivity contribution in [3.8, 4) is 5.75 Å². The van der Waals surface area contributed by atoms with Gasteiger partial charge in [-0.1, -0.05) is 49.4 Å². The lowest BCUT2D eigenvalue weighted by atomic mass is 9.83. The number of rotatable bonds is 7. The molecule has 0 heterocycles. The fourth-order valence-corrected chi connectivity index (χ4v) is 4.97. The predicted octanol–water partition coefficient (Wildman–Crippen LogP) is 5.32. The molecule has 5 heteroatoms. The van der Waals surface area contributed by atoms with E-state index in [0.717, 1.165) is 43.6 Å². The van der Waals surface area contributed by atoms with Crippen LogP contribution in [0.5, 0.6) is 5.75 Å². The molecule has 1 aliphatic carbocycles. The molecule has 0 spiro atoms. The van der Waals surface area contributed by atoms with Gasteiger partial charge in [0.1, 0.15) is 5.75 Å². The number of fused-ring (bicyclic) bond motifs is 2. The van der Waals surface area contributed by atoms with Crippen molar-refractivity contribution in [1.82, 2.24) is 0 Å². The zero-order valence-electron chi connectivity index (χ0n) is 18.1. The van der Waals surface area contributed by atoms with Crippen LogP contribution in [0.2, 0.25) is 0 Å². The third kappa shape index (κ3) is 5.28. The van der Waals surface area contributed by atoms with E-state index in [2.05, 4.69) is 60.2 Å². The van der Waals surface area contributed by atoms with Crippen molar-refractivity contribution in [3.05, 3.63) is 94.5 Å². The SMILES string of the molecule is CCCOc1ccc2c(c1)CCc1ccccc1[C@@H]2Cc1cccc(NS(C)(=O)=O)c1. The maximum Gasteiger partial charge on any atom is 0.229 e. The minimum Gasteiger partial charge on any atom is -0.494 e. The number of sulfonamides is 1. The van der Waals surface area contributed by atoms with Gasteiger partial charge in [-0.2, -0.15) is 0 Å². The monoisotopic (exact) mass is 435 g/mol. The Balaban J connectivity index is 1.72. The van der Waals surface area contributed by atoms with E-state index in [0.29, 0.717) is 5.69 Å². The minimum absolute atomic E-state index is 0.211. The zero-order valence-corrected chi connectivity index (χ0v) is 18.9. The van der Waals surface area contributed by atoms with Crippen LogP contribution in [-0.4, -0.2) is 21.3 Å². The second-order valence-electron chi connectivity index (χ2n) is 8.24. The number of aryl methyl sites for hydroxylation is 2. The molecule has 0 unspecified atom stereocenters. The minimum atomic E-state index is -3.31. The summed E-state index contributed by atoms with van der Waals surface area (Å²) in [6, 6.07) is 22.9. The van der Waals surface area contributed by atoms with E-state index in [1.54, 1.807) is 6.07 Å². The van der Waals surface area contributed by atoms with Crippen molar-refractivity contribution in [2.75, 3.05) is 17.6 Å². The van der Waals surface area contributed by atoms with Crippen LogP contribution in [0, 0.1) is 0 Å². The van der Waals surface area contributed by atoms with Crippen molar-refractivity contribution in [2.24, 2.45) is 0 Å². The largest absolute Gasteiger partial charge is 0.494 e. The summed E-state index contributed by atoms with van der Waals surface area (Å²) in [4.78, 5) is 0. The molecule has 162 valence electrons. The van der Waals surface area contributed by atoms with E-state index >= 15 is 0 Å². The highest BCUT2D eigenvalue weighted by Gasteiger charge is 2.24. The summed E-state index contributed by atoms with van der Waals surface area (Å²) in [6.45, 7) is 2.84. The highest BCUT2D eigenvalue weighted by atomic mass is 32.2. The normalized spacial score (nSPS) is 15.5. The van der Waals surface area contributed by atoms with Gasteiger partial charge in [-0.25, -0.2) is 8.42 Å². The average Bonchev–Trinajstić information content (AvgIpc) is 2.88. The van der Waals surface area contributed by atoms with E-state index in [9.17, 15) is 8.42 Å². The molecule has 0 saturated carbocycles. The quantitative estimate of drug-likeness (QED) is 0.546. The second kappa shape index (κ2) is 9.15. The van der Waals surface area contributed by atoms with Crippen LogP contribution in [0.25, 0.3) is 0 Å². The second-order valence-corrected chi connectivity index (χ2v) is 9.99. The number of ether oxygens (including phenoxy) is 1. The Morgan fingerprint density at radius 2 is 1.71 bits per heavy atom. The number of anilines is 1. The van der Waals surface area contributed by atoms with E-state index < -0.39 is 10.0 Å². The molecule has 0 fully saturated rings. The van der Waals surface area contributed by atoms with Gasteiger partial charge in [-0.15, -0.1) is 0 Å². The maximum atomic E-state index is 11.7. The first kappa shape index (κ1) is 21.4. The summed E-state index contributed by atoms with van der Waals surface area (Å²) in [5.74, 6) is 1.15. The Hall–Kier alpha value is -2.79. The third-order valence-corrected chi connectivity index (χ3v) is 6.33. The molecule has 0 bridgehead atoms. The van der Waals surface area contributed by atoms with Gasteiger partial charge in [-0.05, 0) is 77.8 Å². The van der Waals surface area contributed by atoms with Gasteiger partial charge in [0.25, 0.3) is 0 Å². The predicted molar refractivity (Wildman–Crippen MR) is 127 cm³/mol. The lowest BCUT2D eigenvalue weighted by Crippen LogP contribution is -2.11. The van der Waals surface area contributed by atoms with Crippen LogP contribution in [-0.2, 0) is 29.3 Å². The van der Waals surface area contributed by atoms with Crippen molar-refractivity contribution in [3.63, 3.8) is 0 Å². The van der Waals surface area contributed by atoms with Crippen LogP contribution in [0.4, 0.5) is 5.69 Å². The first-order valence-corrected chi connectivity index (χ1v) is 12.7. The van der Waals surface area contributed by atoms with Crippen molar-refractivity contribution >= 4 is 15.7 Å². The van der Waals surface area contributed by atoms with Crippen molar-refractivity contribution in [2.45, 2.75) is 38.5 Å². The number of nitrogens with one attached hydrogen (secondary N) is 1. The molecule has 0 radical (unpaired) electrons. The summed E-state index contributed by atoms with van der Waals surface area (Å²) >= 11 is 0. The standard InChI is InChI=1S/C26H29NO3S/c1-3-15-30-23-13-14-25-21(18-23)12-11-20-8-4-5-10-24(20)26(25)17-19-7-6-9-22(16-19)27-31(2,28)29/h4-10,13-14,16,18,26-27H,3,11-12,15,17H2,1-2H3/t26-/m0/s1. The van der Waals surface area contributed by atoms with Gasteiger partial charge in [-0.3, -0.25) is 4.72 Å². The molecule has 1 atom stereocenters. The summed E-state index contributed by atoms with van der Waals surface area (Å²) < 4.78 is 31.8. The van der Waals surface area contributed by atoms with Crippen LogP contribution >= 0.6 is 0 Å². The molecule has 1 aliphatic rings. The summed E-state index contributed by atoms with van der Waals surface area (Å²) in [5.41, 5.74) is 7.10. The van der Waals surface area contributed by atoms with Crippen LogP contribution in [0.1, 0.15) is 47.1 Å². The van der Waals surface area contributed by atoms with Gasteiger partial charge in [0, 0.05) is 11.6 Å². The maximum absolute atomic E-state index is 11.7. The van der Waals surface area contributed by atoms with Crippen molar-refractivity contribution < 1.29 is 13.2 Å². The van der Waals surface area contributed by atoms with E-state index in [1.165, 1.54) is 28.5 Å². The molecular formula is C26H29NO3S. The van der Waals surface area contributed by atoms with Gasteiger partial charge < -0.3 is 4.74 Å². The van der Waals surface area contributed by atoms with E-state index in [4.69, 9.17) is 4.74 Å². The molecule has 31 heavy (non-hydrogen) atoms.